The van der Waals surface area contributed by atoms with E-state index in [0.717, 1.165) is 17.8 Å². The molecule has 0 radical (unpaired) electrons. The van der Waals surface area contributed by atoms with E-state index in [1.807, 2.05) is 18.2 Å². The van der Waals surface area contributed by atoms with E-state index in [9.17, 15) is 14.9 Å². The highest BCUT2D eigenvalue weighted by Crippen LogP contribution is 2.25. The fraction of sp³-hybridized carbons (Fsp3) is 0.333. The van der Waals surface area contributed by atoms with Gasteiger partial charge in [-0.3, -0.25) is 24.9 Å². The SMILES string of the molecule is Cc1nn(C(C)C(=O)Nc2nnc(CCc3ccccc3)s2)c(C)c1[N+](=O)[O-]. The maximum Gasteiger partial charge on any atom is 0.312 e. The summed E-state index contributed by atoms with van der Waals surface area (Å²) in [7, 11) is 0. The van der Waals surface area contributed by atoms with E-state index in [0.29, 0.717) is 10.8 Å². The normalized spacial score (nSPS) is 12.0. The van der Waals surface area contributed by atoms with Crippen molar-refractivity contribution >= 4 is 28.1 Å². The van der Waals surface area contributed by atoms with Gasteiger partial charge >= 0.3 is 5.69 Å². The second-order valence-corrected chi connectivity index (χ2v) is 7.43. The molecule has 2 aromatic heterocycles. The van der Waals surface area contributed by atoms with E-state index in [-0.39, 0.29) is 17.3 Å². The van der Waals surface area contributed by atoms with Crippen LogP contribution >= 0.6 is 11.3 Å². The number of carbonyl (C=O) groups excluding carboxylic acids is 1. The predicted molar refractivity (Wildman–Crippen MR) is 105 cm³/mol. The summed E-state index contributed by atoms with van der Waals surface area (Å²) in [5.74, 6) is -0.355. The van der Waals surface area contributed by atoms with Crippen molar-refractivity contribution in [3.63, 3.8) is 0 Å². The Bertz CT molecular complexity index is 998. The quantitative estimate of drug-likeness (QED) is 0.481. The molecule has 0 saturated heterocycles. The van der Waals surface area contributed by atoms with Crippen molar-refractivity contribution in [2.75, 3.05) is 5.32 Å². The van der Waals surface area contributed by atoms with Gasteiger partial charge in [-0.05, 0) is 32.8 Å². The summed E-state index contributed by atoms with van der Waals surface area (Å²) in [6, 6.07) is 9.35. The zero-order valence-electron chi connectivity index (χ0n) is 15.7. The van der Waals surface area contributed by atoms with Crippen LogP contribution in [-0.4, -0.2) is 30.8 Å². The monoisotopic (exact) mass is 400 g/mol. The molecule has 0 spiro atoms. The standard InChI is InChI=1S/C18H20N6O3S/c1-11-16(24(26)27)12(2)23(22-11)13(3)17(25)19-18-21-20-15(28-18)10-9-14-7-5-4-6-8-14/h4-8,13H,9-10H2,1-3H3,(H,19,21,25). The van der Waals surface area contributed by atoms with Crippen LogP contribution in [-0.2, 0) is 17.6 Å². The number of hydrogen-bond acceptors (Lipinski definition) is 7. The Labute approximate surface area is 165 Å². The lowest BCUT2D eigenvalue weighted by atomic mass is 10.1. The number of aromatic nitrogens is 4. The van der Waals surface area contributed by atoms with Gasteiger partial charge in [-0.15, -0.1) is 10.2 Å². The van der Waals surface area contributed by atoms with Gasteiger partial charge in [-0.25, -0.2) is 0 Å². The first kappa shape index (κ1) is 19.6. The molecule has 0 aliphatic carbocycles. The lowest BCUT2D eigenvalue weighted by Crippen LogP contribution is -2.25. The van der Waals surface area contributed by atoms with Crippen LogP contribution in [0, 0.1) is 24.0 Å². The largest absolute Gasteiger partial charge is 0.312 e. The molecule has 0 saturated carbocycles. The highest BCUT2D eigenvalue weighted by molar-refractivity contribution is 7.15. The molecule has 2 heterocycles. The summed E-state index contributed by atoms with van der Waals surface area (Å²) in [4.78, 5) is 23.2. The molecule has 1 N–H and O–H groups in total. The van der Waals surface area contributed by atoms with Gasteiger partial charge in [0.15, 0.2) is 0 Å². The molecule has 0 bridgehead atoms. The molecular weight excluding hydrogens is 380 g/mol. The first-order valence-electron chi connectivity index (χ1n) is 8.74. The van der Waals surface area contributed by atoms with Gasteiger partial charge in [0.25, 0.3) is 5.91 Å². The fourth-order valence-electron chi connectivity index (χ4n) is 2.92. The van der Waals surface area contributed by atoms with Crippen molar-refractivity contribution in [1.82, 2.24) is 20.0 Å². The number of anilines is 1. The van der Waals surface area contributed by atoms with Crippen molar-refractivity contribution in [1.29, 1.82) is 0 Å². The number of rotatable bonds is 7. The molecule has 0 aliphatic rings. The Morgan fingerprint density at radius 1 is 1.25 bits per heavy atom. The van der Waals surface area contributed by atoms with Gasteiger partial charge in [0.2, 0.25) is 5.13 Å². The number of hydrogen-bond donors (Lipinski definition) is 1. The van der Waals surface area contributed by atoms with E-state index < -0.39 is 11.0 Å². The first-order chi connectivity index (χ1) is 13.4. The van der Waals surface area contributed by atoms with Crippen LogP contribution in [0.3, 0.4) is 0 Å². The van der Waals surface area contributed by atoms with E-state index in [4.69, 9.17) is 0 Å². The van der Waals surface area contributed by atoms with Gasteiger partial charge in [0, 0.05) is 6.42 Å². The van der Waals surface area contributed by atoms with Gasteiger partial charge in [-0.1, -0.05) is 41.7 Å². The van der Waals surface area contributed by atoms with Crippen LogP contribution in [0.2, 0.25) is 0 Å². The van der Waals surface area contributed by atoms with Crippen molar-refractivity contribution in [3.05, 3.63) is 62.4 Å². The van der Waals surface area contributed by atoms with Crippen LogP contribution in [0.25, 0.3) is 0 Å². The molecule has 3 rings (SSSR count). The Morgan fingerprint density at radius 3 is 2.61 bits per heavy atom. The predicted octanol–water partition coefficient (Wildman–Crippen LogP) is 3.24. The van der Waals surface area contributed by atoms with Crippen LogP contribution in [0.15, 0.2) is 30.3 Å². The van der Waals surface area contributed by atoms with Gasteiger partial charge in [0.05, 0.1) is 4.92 Å². The summed E-state index contributed by atoms with van der Waals surface area (Å²) >= 11 is 1.32. The number of nitrogens with zero attached hydrogens (tertiary/aromatic N) is 5. The fourth-order valence-corrected chi connectivity index (χ4v) is 3.66. The zero-order valence-corrected chi connectivity index (χ0v) is 16.6. The Kier molecular flexibility index (Phi) is 5.78. The minimum atomic E-state index is -0.718. The minimum Gasteiger partial charge on any atom is -0.299 e. The lowest BCUT2D eigenvalue weighted by molar-refractivity contribution is -0.386. The van der Waals surface area contributed by atoms with Gasteiger partial charge in [0.1, 0.15) is 22.4 Å². The summed E-state index contributed by atoms with van der Waals surface area (Å²) in [5.41, 5.74) is 1.76. The Balaban J connectivity index is 1.64. The third-order valence-corrected chi connectivity index (χ3v) is 5.28. The van der Waals surface area contributed by atoms with Crippen molar-refractivity contribution in [2.45, 2.75) is 39.7 Å². The number of benzene rings is 1. The molecule has 28 heavy (non-hydrogen) atoms. The molecule has 0 aliphatic heterocycles. The van der Waals surface area contributed by atoms with E-state index in [1.165, 1.54) is 21.6 Å². The molecule has 10 heteroatoms. The number of nitrogens with one attached hydrogen (secondary N) is 1. The molecule has 9 nitrogen and oxygen atoms in total. The first-order valence-corrected chi connectivity index (χ1v) is 9.55. The number of nitro groups is 1. The number of carbonyl (C=O) groups is 1. The number of aryl methyl sites for hydroxylation is 3. The molecule has 0 fully saturated rings. The molecule has 1 amide bonds. The third-order valence-electron chi connectivity index (χ3n) is 4.38. The topological polar surface area (TPSA) is 116 Å². The smallest absolute Gasteiger partial charge is 0.299 e. The second-order valence-electron chi connectivity index (χ2n) is 6.37. The lowest BCUT2D eigenvalue weighted by Gasteiger charge is -2.12. The Morgan fingerprint density at radius 2 is 1.96 bits per heavy atom. The maximum atomic E-state index is 12.5. The Hall–Kier alpha value is -3.14. The molecule has 1 atom stereocenters. The molecule has 1 unspecified atom stereocenters. The average molecular weight is 400 g/mol. The molecule has 146 valence electrons. The third kappa shape index (κ3) is 4.22. The van der Waals surface area contributed by atoms with Crippen LogP contribution in [0.1, 0.15) is 34.9 Å². The summed E-state index contributed by atoms with van der Waals surface area (Å²) in [6.45, 7) is 4.76. The van der Waals surface area contributed by atoms with Crippen molar-refractivity contribution in [3.8, 4) is 0 Å². The van der Waals surface area contributed by atoms with Crippen molar-refractivity contribution < 1.29 is 9.72 Å². The van der Waals surface area contributed by atoms with Crippen LogP contribution in [0.4, 0.5) is 10.8 Å². The molecular formula is C18H20N6O3S. The zero-order chi connectivity index (χ0) is 20.3. The average Bonchev–Trinajstić information content (AvgIpc) is 3.23. The molecule has 3 aromatic rings. The highest BCUT2D eigenvalue weighted by Gasteiger charge is 2.27. The summed E-state index contributed by atoms with van der Waals surface area (Å²) < 4.78 is 1.36. The van der Waals surface area contributed by atoms with E-state index in [2.05, 4.69) is 32.7 Å². The summed E-state index contributed by atoms with van der Waals surface area (Å²) in [5, 5.41) is 27.4. The van der Waals surface area contributed by atoms with Gasteiger partial charge in [-0.2, -0.15) is 5.10 Å². The van der Waals surface area contributed by atoms with E-state index in [1.54, 1.807) is 20.8 Å². The van der Waals surface area contributed by atoms with Crippen LogP contribution < -0.4 is 5.32 Å². The maximum absolute atomic E-state index is 12.5. The van der Waals surface area contributed by atoms with Gasteiger partial charge < -0.3 is 0 Å². The van der Waals surface area contributed by atoms with E-state index >= 15 is 0 Å². The minimum absolute atomic E-state index is 0.0706. The van der Waals surface area contributed by atoms with Crippen LogP contribution in [0.5, 0.6) is 0 Å². The second kappa shape index (κ2) is 8.26. The van der Waals surface area contributed by atoms with Crippen molar-refractivity contribution in [2.24, 2.45) is 0 Å². The summed E-state index contributed by atoms with van der Waals surface area (Å²) in [6.07, 6.45) is 1.58. The highest BCUT2D eigenvalue weighted by atomic mass is 32.1. The number of amides is 1. The molecule has 1 aromatic carbocycles.